The lowest BCUT2D eigenvalue weighted by Crippen LogP contribution is -2.32. The van der Waals surface area contributed by atoms with Crippen LogP contribution >= 0.6 is 0 Å². The lowest BCUT2D eigenvalue weighted by Gasteiger charge is -2.30. The molecule has 0 aromatic heterocycles. The van der Waals surface area contributed by atoms with Crippen molar-refractivity contribution in [1.29, 1.82) is 0 Å². The first-order valence-electron chi connectivity index (χ1n) is 12.7. The Labute approximate surface area is 223 Å². The van der Waals surface area contributed by atoms with Crippen molar-refractivity contribution in [3.8, 4) is 23.0 Å². The average molecular weight is 513 g/mol. The molecule has 1 saturated carbocycles. The Kier molecular flexibility index (Phi) is 7.36. The van der Waals surface area contributed by atoms with Gasteiger partial charge in [0.15, 0.2) is 23.0 Å². The minimum absolute atomic E-state index is 0.0564. The van der Waals surface area contributed by atoms with E-state index in [2.05, 4.69) is 6.08 Å². The molecule has 2 aliphatic rings. The third kappa shape index (κ3) is 4.72. The fourth-order valence-electron chi connectivity index (χ4n) is 5.39. The summed E-state index contributed by atoms with van der Waals surface area (Å²) < 4.78 is 22.0. The van der Waals surface area contributed by atoms with Crippen LogP contribution in [0.4, 0.5) is 0 Å². The standard InChI is InChI=1S/C31H32N2O5/c1-35-25-15-13-20(18-27(25)37-3)17-22-11-8-12-24-29(22)32-33(31(34)21-9-6-5-7-10-21)30(24)23-14-16-26(36-2)28(19-23)38-4/h5-7,9-10,13-19,24,30H,8,11-12H2,1-4H3/b22-17-/t24-,30+/m1/s1. The van der Waals surface area contributed by atoms with Gasteiger partial charge in [-0.3, -0.25) is 4.79 Å². The van der Waals surface area contributed by atoms with Crippen LogP contribution in [0.2, 0.25) is 0 Å². The van der Waals surface area contributed by atoms with Crippen molar-refractivity contribution < 1.29 is 23.7 Å². The van der Waals surface area contributed by atoms with E-state index in [1.54, 1.807) is 33.4 Å². The first-order valence-corrected chi connectivity index (χ1v) is 12.7. The van der Waals surface area contributed by atoms with Crippen LogP contribution in [0.5, 0.6) is 23.0 Å². The van der Waals surface area contributed by atoms with E-state index >= 15 is 0 Å². The van der Waals surface area contributed by atoms with E-state index < -0.39 is 0 Å². The number of benzene rings is 3. The van der Waals surface area contributed by atoms with Crippen LogP contribution in [0.25, 0.3) is 6.08 Å². The summed E-state index contributed by atoms with van der Waals surface area (Å²) in [5.41, 5.74) is 4.64. The van der Waals surface area contributed by atoms with Crippen molar-refractivity contribution in [2.24, 2.45) is 11.0 Å². The average Bonchev–Trinajstić information content (AvgIpc) is 3.37. The number of hydrogen-bond acceptors (Lipinski definition) is 6. The minimum Gasteiger partial charge on any atom is -0.493 e. The summed E-state index contributed by atoms with van der Waals surface area (Å²) in [5.74, 6) is 2.56. The first-order chi connectivity index (χ1) is 18.6. The number of hydrogen-bond donors (Lipinski definition) is 0. The number of amides is 1. The van der Waals surface area contributed by atoms with Gasteiger partial charge in [0.1, 0.15) is 0 Å². The van der Waals surface area contributed by atoms with Crippen LogP contribution in [0.3, 0.4) is 0 Å². The summed E-state index contributed by atoms with van der Waals surface area (Å²) in [7, 11) is 6.50. The second kappa shape index (κ2) is 11.0. The number of nitrogens with zero attached hydrogens (tertiary/aromatic N) is 2. The zero-order valence-electron chi connectivity index (χ0n) is 22.1. The monoisotopic (exact) mass is 512 g/mol. The molecule has 3 aromatic rings. The van der Waals surface area contributed by atoms with Gasteiger partial charge in [-0.15, -0.1) is 0 Å². The number of carbonyl (C=O) groups is 1. The Morgan fingerprint density at radius 1 is 0.842 bits per heavy atom. The lowest BCUT2D eigenvalue weighted by atomic mass is 9.77. The van der Waals surface area contributed by atoms with E-state index in [0.717, 1.165) is 41.7 Å². The second-order valence-corrected chi connectivity index (χ2v) is 9.34. The molecule has 1 aliphatic heterocycles. The number of methoxy groups -OCH3 is 4. The Hall–Kier alpha value is -4.26. The van der Waals surface area contributed by atoms with E-state index in [-0.39, 0.29) is 17.9 Å². The van der Waals surface area contributed by atoms with Gasteiger partial charge in [0.2, 0.25) is 0 Å². The normalized spacial score (nSPS) is 19.5. The molecule has 0 spiro atoms. The molecule has 2 atom stereocenters. The molecular formula is C31H32N2O5. The van der Waals surface area contributed by atoms with Crippen LogP contribution in [-0.2, 0) is 0 Å². The fourth-order valence-corrected chi connectivity index (χ4v) is 5.39. The Bertz CT molecular complexity index is 1380. The summed E-state index contributed by atoms with van der Waals surface area (Å²) in [6, 6.07) is 20.8. The summed E-state index contributed by atoms with van der Waals surface area (Å²) in [5, 5.41) is 6.66. The maximum absolute atomic E-state index is 13.8. The predicted octanol–water partition coefficient (Wildman–Crippen LogP) is 6.16. The van der Waals surface area contributed by atoms with E-state index in [0.29, 0.717) is 28.6 Å². The Balaban J connectivity index is 1.58. The molecule has 0 saturated heterocycles. The van der Waals surface area contributed by atoms with Gasteiger partial charge in [0.05, 0.1) is 40.2 Å². The van der Waals surface area contributed by atoms with Gasteiger partial charge >= 0.3 is 0 Å². The van der Waals surface area contributed by atoms with Gasteiger partial charge in [-0.25, -0.2) is 5.01 Å². The van der Waals surface area contributed by atoms with Crippen molar-refractivity contribution >= 4 is 17.7 Å². The van der Waals surface area contributed by atoms with Crippen molar-refractivity contribution in [2.75, 3.05) is 28.4 Å². The summed E-state index contributed by atoms with van der Waals surface area (Å²) >= 11 is 0. The number of carbonyl (C=O) groups excluding carboxylic acids is 1. The molecular weight excluding hydrogens is 480 g/mol. The highest BCUT2D eigenvalue weighted by atomic mass is 16.5. The van der Waals surface area contributed by atoms with Crippen LogP contribution in [0.1, 0.15) is 46.8 Å². The number of hydrazone groups is 1. The summed E-state index contributed by atoms with van der Waals surface area (Å²) in [4.78, 5) is 13.8. The molecule has 1 fully saturated rings. The van der Waals surface area contributed by atoms with Gasteiger partial charge in [-0.05, 0) is 78.4 Å². The van der Waals surface area contributed by atoms with Crippen molar-refractivity contribution in [3.63, 3.8) is 0 Å². The zero-order chi connectivity index (χ0) is 26.6. The quantitative estimate of drug-likeness (QED) is 0.379. The third-order valence-corrected chi connectivity index (χ3v) is 7.23. The molecule has 3 aromatic carbocycles. The maximum atomic E-state index is 13.8. The molecule has 0 unspecified atom stereocenters. The van der Waals surface area contributed by atoms with Crippen LogP contribution < -0.4 is 18.9 Å². The van der Waals surface area contributed by atoms with Crippen molar-refractivity contribution in [2.45, 2.75) is 25.3 Å². The van der Waals surface area contributed by atoms with Gasteiger partial charge in [-0.2, -0.15) is 5.10 Å². The molecule has 38 heavy (non-hydrogen) atoms. The van der Waals surface area contributed by atoms with Gasteiger partial charge < -0.3 is 18.9 Å². The summed E-state index contributed by atoms with van der Waals surface area (Å²) in [6.45, 7) is 0. The van der Waals surface area contributed by atoms with Crippen LogP contribution in [-0.4, -0.2) is 45.1 Å². The molecule has 5 rings (SSSR count). The number of ether oxygens (including phenoxy) is 4. The first kappa shape index (κ1) is 25.4. The van der Waals surface area contributed by atoms with E-state index in [9.17, 15) is 4.79 Å². The molecule has 7 heteroatoms. The minimum atomic E-state index is -0.258. The third-order valence-electron chi connectivity index (χ3n) is 7.23. The Morgan fingerprint density at radius 2 is 1.50 bits per heavy atom. The number of fused-ring (bicyclic) bond motifs is 1. The summed E-state index contributed by atoms with van der Waals surface area (Å²) in [6.07, 6.45) is 4.96. The fraction of sp³-hybridized carbons (Fsp3) is 0.290. The van der Waals surface area contributed by atoms with Crippen LogP contribution in [0.15, 0.2) is 77.4 Å². The second-order valence-electron chi connectivity index (χ2n) is 9.34. The molecule has 196 valence electrons. The molecule has 1 amide bonds. The van der Waals surface area contributed by atoms with Gasteiger partial charge in [-0.1, -0.05) is 30.3 Å². The molecule has 7 nitrogen and oxygen atoms in total. The van der Waals surface area contributed by atoms with Gasteiger partial charge in [0.25, 0.3) is 5.91 Å². The predicted molar refractivity (Wildman–Crippen MR) is 147 cm³/mol. The largest absolute Gasteiger partial charge is 0.493 e. The highest BCUT2D eigenvalue weighted by molar-refractivity contribution is 6.09. The van der Waals surface area contributed by atoms with Crippen molar-refractivity contribution in [3.05, 3.63) is 89.0 Å². The SMILES string of the molecule is COc1ccc(/C=C2/CCC[C@@H]3C2=NN(C(=O)c2ccccc2)[C@H]3c2ccc(OC)c(OC)c2)cc1OC. The van der Waals surface area contributed by atoms with E-state index in [1.165, 1.54) is 0 Å². The number of allylic oxidation sites excluding steroid dienone is 1. The zero-order valence-corrected chi connectivity index (χ0v) is 22.1. The van der Waals surface area contributed by atoms with Crippen LogP contribution in [0, 0.1) is 5.92 Å². The lowest BCUT2D eigenvalue weighted by molar-refractivity contribution is 0.0680. The topological polar surface area (TPSA) is 69.6 Å². The molecule has 1 heterocycles. The van der Waals surface area contributed by atoms with Gasteiger partial charge in [0, 0.05) is 11.5 Å². The molecule has 1 aliphatic carbocycles. The highest BCUT2D eigenvalue weighted by Crippen LogP contribution is 2.46. The highest BCUT2D eigenvalue weighted by Gasteiger charge is 2.44. The number of rotatable bonds is 7. The Morgan fingerprint density at radius 3 is 2.18 bits per heavy atom. The van der Waals surface area contributed by atoms with Crippen molar-refractivity contribution in [1.82, 2.24) is 5.01 Å². The van der Waals surface area contributed by atoms with E-state index in [4.69, 9.17) is 24.0 Å². The van der Waals surface area contributed by atoms with E-state index in [1.807, 2.05) is 66.7 Å². The maximum Gasteiger partial charge on any atom is 0.274 e. The molecule has 0 N–H and O–H groups in total. The smallest absolute Gasteiger partial charge is 0.274 e. The molecule has 0 bridgehead atoms. The molecule has 0 radical (unpaired) electrons.